The van der Waals surface area contributed by atoms with E-state index in [2.05, 4.69) is 23.8 Å². The van der Waals surface area contributed by atoms with Gasteiger partial charge in [-0.1, -0.05) is 0 Å². The lowest BCUT2D eigenvalue weighted by Crippen LogP contribution is -2.38. The van der Waals surface area contributed by atoms with Gasteiger partial charge in [-0.05, 0) is 51.7 Å². The first kappa shape index (κ1) is 14.7. The van der Waals surface area contributed by atoms with E-state index in [1.165, 1.54) is 0 Å². The zero-order valence-electron chi connectivity index (χ0n) is 12.0. The third kappa shape index (κ3) is 3.43. The van der Waals surface area contributed by atoms with Gasteiger partial charge in [0.2, 0.25) is 0 Å². The number of piperidine rings is 1. The van der Waals surface area contributed by atoms with Gasteiger partial charge in [0.25, 0.3) is 0 Å². The van der Waals surface area contributed by atoms with E-state index in [1.807, 2.05) is 22.5 Å². The lowest BCUT2D eigenvalue weighted by molar-refractivity contribution is 0.0591. The van der Waals surface area contributed by atoms with Crippen LogP contribution in [0.5, 0.6) is 0 Å². The highest BCUT2D eigenvalue weighted by atomic mass is 32.1. The Morgan fingerprint density at radius 2 is 2.00 bits per heavy atom. The molecule has 19 heavy (non-hydrogen) atoms. The average Bonchev–Trinajstić information content (AvgIpc) is 2.72. The second kappa shape index (κ2) is 6.15. The topological polar surface area (TPSA) is 46.2 Å². The van der Waals surface area contributed by atoms with E-state index < -0.39 is 0 Å². The first-order valence-corrected chi connectivity index (χ1v) is 7.44. The molecule has 1 aromatic rings. The molecule has 1 aliphatic rings. The van der Waals surface area contributed by atoms with Crippen LogP contribution in [0.1, 0.15) is 39.7 Å². The highest BCUT2D eigenvalue weighted by Gasteiger charge is 2.23. The summed E-state index contributed by atoms with van der Waals surface area (Å²) in [5.41, 5.74) is 0. The zero-order chi connectivity index (χ0) is 14.0. The molecule has 108 valence electrons. The third-order valence-corrected chi connectivity index (χ3v) is 4.38. The fourth-order valence-electron chi connectivity index (χ4n) is 2.57. The summed E-state index contributed by atoms with van der Waals surface area (Å²) >= 11 is 5.43. The summed E-state index contributed by atoms with van der Waals surface area (Å²) in [6, 6.07) is 0.349. The SMILES string of the molecule is CC(O)C1CCN(Cn2ncn(C(C)C)c2=S)CC1. The molecule has 0 spiro atoms. The minimum atomic E-state index is -0.190. The lowest BCUT2D eigenvalue weighted by Gasteiger charge is -2.32. The predicted octanol–water partition coefficient (Wildman–Crippen LogP) is 2.05. The van der Waals surface area contributed by atoms with Crippen LogP contribution in [0, 0.1) is 10.7 Å². The highest BCUT2D eigenvalue weighted by molar-refractivity contribution is 7.71. The molecular weight excluding hydrogens is 260 g/mol. The molecule has 0 amide bonds. The number of aliphatic hydroxyl groups excluding tert-OH is 1. The Balaban J connectivity index is 1.94. The fraction of sp³-hybridized carbons (Fsp3) is 0.846. The van der Waals surface area contributed by atoms with Gasteiger partial charge in [-0.25, -0.2) is 4.68 Å². The van der Waals surface area contributed by atoms with Crippen LogP contribution in [-0.4, -0.2) is 43.5 Å². The second-order valence-electron chi connectivity index (χ2n) is 5.75. The molecule has 2 heterocycles. The minimum absolute atomic E-state index is 0.190. The molecule has 0 saturated carbocycles. The molecule has 1 atom stereocenters. The van der Waals surface area contributed by atoms with Crippen molar-refractivity contribution in [3.8, 4) is 0 Å². The van der Waals surface area contributed by atoms with Crippen molar-refractivity contribution in [2.75, 3.05) is 13.1 Å². The first-order chi connectivity index (χ1) is 8.99. The Kier molecular flexibility index (Phi) is 4.76. The maximum Gasteiger partial charge on any atom is 0.199 e. The summed E-state index contributed by atoms with van der Waals surface area (Å²) in [5, 5.41) is 14.0. The van der Waals surface area contributed by atoms with Crippen molar-refractivity contribution in [3.63, 3.8) is 0 Å². The monoisotopic (exact) mass is 284 g/mol. The molecule has 1 saturated heterocycles. The van der Waals surface area contributed by atoms with E-state index in [9.17, 15) is 5.11 Å². The van der Waals surface area contributed by atoms with Crippen LogP contribution in [0.2, 0.25) is 0 Å². The summed E-state index contributed by atoms with van der Waals surface area (Å²) in [6.45, 7) is 8.87. The van der Waals surface area contributed by atoms with Crippen LogP contribution in [-0.2, 0) is 6.67 Å². The van der Waals surface area contributed by atoms with Crippen LogP contribution < -0.4 is 0 Å². The van der Waals surface area contributed by atoms with E-state index in [4.69, 9.17) is 12.2 Å². The van der Waals surface area contributed by atoms with E-state index in [0.29, 0.717) is 12.0 Å². The van der Waals surface area contributed by atoms with Gasteiger partial charge in [0.15, 0.2) is 4.77 Å². The number of likely N-dealkylation sites (tertiary alicyclic amines) is 1. The Labute approximate surface area is 119 Å². The van der Waals surface area contributed by atoms with E-state index in [-0.39, 0.29) is 6.10 Å². The van der Waals surface area contributed by atoms with Crippen LogP contribution in [0.15, 0.2) is 6.33 Å². The van der Waals surface area contributed by atoms with Crippen molar-refractivity contribution >= 4 is 12.2 Å². The van der Waals surface area contributed by atoms with Gasteiger partial charge < -0.3 is 9.67 Å². The molecule has 1 N–H and O–H groups in total. The minimum Gasteiger partial charge on any atom is -0.393 e. The maximum absolute atomic E-state index is 9.61. The van der Waals surface area contributed by atoms with Gasteiger partial charge in [-0.3, -0.25) is 4.90 Å². The van der Waals surface area contributed by atoms with Gasteiger partial charge in [0.05, 0.1) is 12.8 Å². The third-order valence-electron chi connectivity index (χ3n) is 3.96. The largest absolute Gasteiger partial charge is 0.393 e. The number of nitrogens with zero attached hydrogens (tertiary/aromatic N) is 4. The van der Waals surface area contributed by atoms with Gasteiger partial charge in [0.1, 0.15) is 6.33 Å². The molecule has 2 rings (SSSR count). The maximum atomic E-state index is 9.61. The molecule has 0 aliphatic carbocycles. The Hall–Kier alpha value is -0.720. The smallest absolute Gasteiger partial charge is 0.199 e. The van der Waals surface area contributed by atoms with Gasteiger partial charge in [0, 0.05) is 19.1 Å². The normalized spacial score (nSPS) is 20.1. The van der Waals surface area contributed by atoms with Crippen molar-refractivity contribution in [1.29, 1.82) is 0 Å². The molecule has 1 aromatic heterocycles. The molecule has 1 fully saturated rings. The number of aliphatic hydroxyl groups is 1. The second-order valence-corrected chi connectivity index (χ2v) is 6.12. The summed E-state index contributed by atoms with van der Waals surface area (Å²) in [4.78, 5) is 2.35. The molecule has 6 heteroatoms. The number of hydrogen-bond donors (Lipinski definition) is 1. The molecule has 0 aromatic carbocycles. The average molecular weight is 284 g/mol. The summed E-state index contributed by atoms with van der Waals surface area (Å²) in [6.07, 6.45) is 3.73. The molecule has 0 bridgehead atoms. The van der Waals surface area contributed by atoms with Crippen molar-refractivity contribution in [1.82, 2.24) is 19.2 Å². The van der Waals surface area contributed by atoms with Crippen molar-refractivity contribution in [3.05, 3.63) is 11.1 Å². The van der Waals surface area contributed by atoms with Crippen LogP contribution >= 0.6 is 12.2 Å². The number of hydrogen-bond acceptors (Lipinski definition) is 4. The van der Waals surface area contributed by atoms with Gasteiger partial charge in [-0.15, -0.1) is 0 Å². The Bertz CT molecular complexity index is 457. The molecule has 5 nitrogen and oxygen atoms in total. The quantitative estimate of drug-likeness (QED) is 0.860. The summed E-state index contributed by atoms with van der Waals surface area (Å²) in [7, 11) is 0. The van der Waals surface area contributed by atoms with Crippen molar-refractivity contribution in [2.45, 2.75) is 52.4 Å². The summed E-state index contributed by atoms with van der Waals surface area (Å²) in [5.74, 6) is 0.442. The van der Waals surface area contributed by atoms with E-state index in [0.717, 1.165) is 37.4 Å². The highest BCUT2D eigenvalue weighted by Crippen LogP contribution is 2.20. The van der Waals surface area contributed by atoms with E-state index >= 15 is 0 Å². The van der Waals surface area contributed by atoms with E-state index in [1.54, 1.807) is 0 Å². The Morgan fingerprint density at radius 3 is 2.47 bits per heavy atom. The van der Waals surface area contributed by atoms with Crippen molar-refractivity contribution in [2.24, 2.45) is 5.92 Å². The summed E-state index contributed by atoms with van der Waals surface area (Å²) < 4.78 is 4.68. The number of rotatable bonds is 4. The van der Waals surface area contributed by atoms with Crippen LogP contribution in [0.4, 0.5) is 0 Å². The molecule has 1 unspecified atom stereocenters. The van der Waals surface area contributed by atoms with Crippen molar-refractivity contribution < 1.29 is 5.11 Å². The van der Waals surface area contributed by atoms with Gasteiger partial charge >= 0.3 is 0 Å². The molecule has 1 aliphatic heterocycles. The Morgan fingerprint density at radius 1 is 1.37 bits per heavy atom. The first-order valence-electron chi connectivity index (χ1n) is 7.03. The zero-order valence-corrected chi connectivity index (χ0v) is 12.8. The number of aromatic nitrogens is 3. The predicted molar refractivity (Wildman–Crippen MR) is 77.4 cm³/mol. The van der Waals surface area contributed by atoms with Crippen LogP contribution in [0.25, 0.3) is 0 Å². The lowest BCUT2D eigenvalue weighted by atomic mass is 9.92. The van der Waals surface area contributed by atoms with Crippen LogP contribution in [0.3, 0.4) is 0 Å². The fourth-order valence-corrected chi connectivity index (χ4v) is 2.93. The molecule has 0 radical (unpaired) electrons. The molecular formula is C13H24N4OS. The van der Waals surface area contributed by atoms with Gasteiger partial charge in [-0.2, -0.15) is 5.10 Å². The standard InChI is InChI=1S/C13H24N4OS/c1-10(2)16-8-14-17(13(16)19)9-15-6-4-12(5-7-15)11(3)18/h8,10-12,18H,4-7,9H2,1-3H3.